The topological polar surface area (TPSA) is 189 Å². The third-order valence-electron chi connectivity index (χ3n) is 11.5. The maximum absolute atomic E-state index is 14.1. The fourth-order valence-corrected chi connectivity index (χ4v) is 8.00. The van der Waals surface area contributed by atoms with Crippen molar-refractivity contribution in [3.8, 4) is 0 Å². The van der Waals surface area contributed by atoms with Crippen LogP contribution >= 0.6 is 0 Å². The van der Waals surface area contributed by atoms with Crippen LogP contribution in [-0.2, 0) is 33.2 Å². The highest BCUT2D eigenvalue weighted by molar-refractivity contribution is 5.73. The molecular formula is C36H68N2O12. The molecule has 0 amide bonds. The van der Waals surface area contributed by atoms with E-state index in [-0.39, 0.29) is 31.4 Å². The van der Waals surface area contributed by atoms with Crippen LogP contribution in [0.25, 0.3) is 0 Å². The number of hydrogen-bond acceptors (Lipinski definition) is 14. The number of nitrogens with zero attached hydrogens (tertiary/aromatic N) is 1. The number of methoxy groups -OCH3 is 1. The fraction of sp³-hybridized carbons (Fsp3) is 0.972. The largest absolute Gasteiger partial charge is 0.459 e. The lowest BCUT2D eigenvalue weighted by Crippen LogP contribution is -2.60. The first kappa shape index (κ1) is 43.4. The number of ether oxygens (including phenoxy) is 6. The molecule has 0 aliphatic carbocycles. The van der Waals surface area contributed by atoms with Gasteiger partial charge in [-0.2, -0.15) is 0 Å². The lowest BCUT2D eigenvalue weighted by Gasteiger charge is -2.48. The smallest absolute Gasteiger partial charge is 0.311 e. The Bertz CT molecular complexity index is 1080. The molecule has 0 aromatic carbocycles. The number of cyclic esters (lactones) is 1. The molecule has 3 saturated heterocycles. The highest BCUT2D eigenvalue weighted by Crippen LogP contribution is 2.39. The number of aliphatic hydroxyl groups excluding tert-OH is 3. The van der Waals surface area contributed by atoms with Crippen LogP contribution in [0.3, 0.4) is 0 Å². The van der Waals surface area contributed by atoms with Gasteiger partial charge in [-0.15, -0.1) is 0 Å². The summed E-state index contributed by atoms with van der Waals surface area (Å²) < 4.78 is 37.2. The van der Waals surface area contributed by atoms with E-state index < -0.39 is 96.0 Å². The van der Waals surface area contributed by atoms with Crippen LogP contribution in [0.15, 0.2) is 0 Å². The Labute approximate surface area is 299 Å². The third-order valence-corrected chi connectivity index (χ3v) is 11.5. The van der Waals surface area contributed by atoms with E-state index in [2.05, 4.69) is 5.32 Å². The number of nitrogens with one attached hydrogen (secondary N) is 1. The van der Waals surface area contributed by atoms with Gasteiger partial charge >= 0.3 is 5.97 Å². The minimum absolute atomic E-state index is 0.135. The zero-order valence-electron chi connectivity index (χ0n) is 32.4. The molecule has 0 saturated carbocycles. The summed E-state index contributed by atoms with van der Waals surface area (Å²) in [5.41, 5.74) is -4.33. The zero-order valence-corrected chi connectivity index (χ0v) is 32.4. The minimum Gasteiger partial charge on any atom is -0.459 e. The molecule has 3 rings (SSSR count). The van der Waals surface area contributed by atoms with Crippen molar-refractivity contribution in [2.75, 3.05) is 27.7 Å². The molecule has 3 fully saturated rings. The molecule has 14 nitrogen and oxygen atoms in total. The average molecular weight is 721 g/mol. The maximum atomic E-state index is 14.1. The molecule has 0 radical (unpaired) electrons. The first-order valence-electron chi connectivity index (χ1n) is 18.4. The van der Waals surface area contributed by atoms with Crippen molar-refractivity contribution in [1.82, 2.24) is 10.2 Å². The summed E-state index contributed by atoms with van der Waals surface area (Å²) in [4.78, 5) is 16.0. The van der Waals surface area contributed by atoms with Gasteiger partial charge in [-0.25, -0.2) is 0 Å². The number of hydrogen-bond donors (Lipinski definition) is 6. The van der Waals surface area contributed by atoms with Crippen molar-refractivity contribution in [1.29, 1.82) is 0 Å². The molecule has 14 heteroatoms. The Balaban J connectivity index is 2.11. The second-order valence-electron chi connectivity index (χ2n) is 16.0. The van der Waals surface area contributed by atoms with Crippen LogP contribution in [0, 0.1) is 11.8 Å². The summed E-state index contributed by atoms with van der Waals surface area (Å²) in [6.07, 6.45) is -7.65. The summed E-state index contributed by atoms with van der Waals surface area (Å²) in [6.45, 7) is 15.8. The Morgan fingerprint density at radius 3 is 2.20 bits per heavy atom. The normalized spacial score (nSPS) is 49.2. The van der Waals surface area contributed by atoms with Gasteiger partial charge in [0.05, 0.1) is 41.5 Å². The van der Waals surface area contributed by atoms with Crippen molar-refractivity contribution in [2.24, 2.45) is 11.8 Å². The molecule has 0 unspecified atom stereocenters. The molecule has 0 bridgehead atoms. The van der Waals surface area contributed by atoms with Gasteiger partial charge in [0.25, 0.3) is 0 Å². The number of carbonyl (C=O) groups excluding carboxylic acids is 1. The van der Waals surface area contributed by atoms with Gasteiger partial charge in [0.15, 0.2) is 12.6 Å². The molecule has 50 heavy (non-hydrogen) atoms. The predicted molar refractivity (Wildman–Crippen MR) is 185 cm³/mol. The van der Waals surface area contributed by atoms with Gasteiger partial charge in [-0.3, -0.25) is 4.79 Å². The Kier molecular flexibility index (Phi) is 15.1. The minimum atomic E-state index is -1.79. The summed E-state index contributed by atoms with van der Waals surface area (Å²) >= 11 is 0. The molecule has 6 N–H and O–H groups in total. The highest BCUT2D eigenvalue weighted by atomic mass is 16.7. The molecule has 3 heterocycles. The predicted octanol–water partition coefficient (Wildman–Crippen LogP) is 1.31. The molecule has 0 spiro atoms. The number of likely N-dealkylation sites (N-methyl/N-ethyl adjacent to an activating group) is 1. The SMILES string of the molecule is CC[C@H]1OC(=O)[C@H](C)[C@@H](O[C@H]2C[C@@](C)(OC)[C@@H](O)[C@H](C)O2)[C@H](C)[C@@H](O[C@@H]2O[C@H](C)C[C@H](N(C)C)[C@H]2O)[C@](C)(O)CCCN[C@H](C)[C@@H](O)[C@]1(C)O. The quantitative estimate of drug-likeness (QED) is 0.207. The van der Waals surface area contributed by atoms with Gasteiger partial charge in [0.2, 0.25) is 0 Å². The number of esters is 1. The van der Waals surface area contributed by atoms with Crippen molar-refractivity contribution >= 4 is 5.97 Å². The molecular weight excluding hydrogens is 652 g/mol. The second-order valence-corrected chi connectivity index (χ2v) is 16.0. The van der Waals surface area contributed by atoms with Gasteiger partial charge in [0, 0.05) is 31.5 Å². The van der Waals surface area contributed by atoms with Crippen LogP contribution in [-0.4, -0.2) is 154 Å². The zero-order chi connectivity index (χ0) is 37.9. The number of rotatable bonds is 7. The van der Waals surface area contributed by atoms with E-state index in [1.165, 1.54) is 14.0 Å². The van der Waals surface area contributed by atoms with E-state index in [1.54, 1.807) is 41.5 Å². The van der Waals surface area contributed by atoms with Crippen molar-refractivity contribution < 1.29 is 58.7 Å². The Morgan fingerprint density at radius 2 is 1.62 bits per heavy atom. The molecule has 3 aliphatic rings. The van der Waals surface area contributed by atoms with Crippen molar-refractivity contribution in [3.63, 3.8) is 0 Å². The summed E-state index contributed by atoms with van der Waals surface area (Å²) in [5.74, 6) is -2.43. The first-order chi connectivity index (χ1) is 23.1. The lowest BCUT2D eigenvalue weighted by molar-refractivity contribution is -0.317. The average Bonchev–Trinajstić information content (AvgIpc) is 3.04. The summed E-state index contributed by atoms with van der Waals surface area (Å²) in [7, 11) is 5.26. The van der Waals surface area contributed by atoms with E-state index in [0.717, 1.165) is 0 Å². The monoisotopic (exact) mass is 720 g/mol. The highest BCUT2D eigenvalue weighted by Gasteiger charge is 2.52. The second kappa shape index (κ2) is 17.4. The van der Waals surface area contributed by atoms with Crippen LogP contribution in [0.1, 0.15) is 94.4 Å². The van der Waals surface area contributed by atoms with Crippen LogP contribution in [0.2, 0.25) is 0 Å². The molecule has 17 atom stereocenters. The first-order valence-corrected chi connectivity index (χ1v) is 18.4. The van der Waals surface area contributed by atoms with E-state index in [1.807, 2.05) is 32.8 Å². The van der Waals surface area contributed by atoms with E-state index in [4.69, 9.17) is 28.4 Å². The van der Waals surface area contributed by atoms with Gasteiger partial charge in [0.1, 0.15) is 30.0 Å². The summed E-state index contributed by atoms with van der Waals surface area (Å²) in [5, 5.41) is 60.5. The van der Waals surface area contributed by atoms with Crippen molar-refractivity contribution in [2.45, 2.75) is 185 Å². The van der Waals surface area contributed by atoms with Crippen LogP contribution in [0.5, 0.6) is 0 Å². The number of carbonyl (C=O) groups is 1. The van der Waals surface area contributed by atoms with Crippen molar-refractivity contribution in [3.05, 3.63) is 0 Å². The third kappa shape index (κ3) is 9.74. The van der Waals surface area contributed by atoms with Gasteiger partial charge in [-0.05, 0) is 94.8 Å². The Hall–Kier alpha value is -1.01. The molecule has 0 aromatic heterocycles. The molecule has 3 aliphatic heterocycles. The van der Waals surface area contributed by atoms with E-state index >= 15 is 0 Å². The van der Waals surface area contributed by atoms with E-state index in [0.29, 0.717) is 19.4 Å². The molecule has 0 aromatic rings. The van der Waals surface area contributed by atoms with Gasteiger partial charge in [-0.1, -0.05) is 13.8 Å². The van der Waals surface area contributed by atoms with Crippen LogP contribution < -0.4 is 5.32 Å². The molecule has 294 valence electrons. The number of aliphatic hydroxyl groups is 5. The van der Waals surface area contributed by atoms with E-state index in [9.17, 15) is 30.3 Å². The summed E-state index contributed by atoms with van der Waals surface area (Å²) in [6, 6.07) is -0.836. The maximum Gasteiger partial charge on any atom is 0.311 e. The van der Waals surface area contributed by atoms with Crippen LogP contribution in [0.4, 0.5) is 0 Å². The fourth-order valence-electron chi connectivity index (χ4n) is 8.00. The Morgan fingerprint density at radius 1 is 0.980 bits per heavy atom. The van der Waals surface area contributed by atoms with Gasteiger partial charge < -0.3 is 64.2 Å². The standard InChI is InChI=1S/C36H68N2O12/c1-13-25-36(9,44)29(40)22(5)37-16-14-15-34(7,43)31(50-33-27(39)24(38(10)11)17-19(2)46-33)20(3)28(21(4)32(42)48-25)49-26-18-35(8,45-12)30(41)23(6)47-26/h19-31,33,37,39-41,43-44H,13-18H2,1-12H3/t19-,20+,21-,22-,23+,24+,25-,26+,27-,28+,29-,30+,31-,33+,34-,35-,36-/m1/s1. The lowest BCUT2D eigenvalue weighted by atomic mass is 9.79.